The maximum atomic E-state index is 13.0. The lowest BCUT2D eigenvalue weighted by Crippen LogP contribution is -2.10. The Morgan fingerprint density at radius 3 is 2.27 bits per heavy atom. The number of anilines is 1. The van der Waals surface area contributed by atoms with Gasteiger partial charge in [-0.15, -0.1) is 0 Å². The average molecular weight is 241 g/mol. The first-order valence-electron chi connectivity index (χ1n) is 3.55. The Hall–Kier alpha value is -1.44. The maximum Gasteiger partial charge on any atom is 0.306 e. The van der Waals surface area contributed by atoms with Crippen LogP contribution in [0.25, 0.3) is 0 Å². The Labute approximate surface area is 83.6 Å². The Bertz CT molecular complexity index is 501. The van der Waals surface area contributed by atoms with Crippen molar-refractivity contribution in [2.45, 2.75) is 0 Å². The standard InChI is InChI=1S/C7H6F3NO3S/c1-15(12,13)14-7-4(11)2-3(8)5(9)6(7)10/h2H,11H2,1H3. The van der Waals surface area contributed by atoms with Gasteiger partial charge in [0.2, 0.25) is 11.6 Å². The highest BCUT2D eigenvalue weighted by Crippen LogP contribution is 2.30. The summed E-state index contributed by atoms with van der Waals surface area (Å²) in [5.41, 5.74) is 4.42. The monoisotopic (exact) mass is 241 g/mol. The lowest BCUT2D eigenvalue weighted by Gasteiger charge is -2.08. The number of nitrogen functional groups attached to an aromatic ring is 1. The molecule has 0 radical (unpaired) electrons. The molecule has 0 unspecified atom stereocenters. The summed E-state index contributed by atoms with van der Waals surface area (Å²) in [6, 6.07) is 0.429. The Balaban J connectivity index is 3.37. The van der Waals surface area contributed by atoms with Crippen molar-refractivity contribution >= 4 is 15.8 Å². The van der Waals surface area contributed by atoms with Crippen molar-refractivity contribution in [3.63, 3.8) is 0 Å². The highest BCUT2D eigenvalue weighted by Gasteiger charge is 2.21. The smallest absolute Gasteiger partial charge is 0.306 e. The molecule has 0 spiro atoms. The van der Waals surface area contributed by atoms with Crippen LogP contribution in [0.1, 0.15) is 0 Å². The predicted octanol–water partition coefficient (Wildman–Crippen LogP) is 1.02. The molecular weight excluding hydrogens is 235 g/mol. The van der Waals surface area contributed by atoms with Crippen LogP contribution in [0.2, 0.25) is 0 Å². The number of benzene rings is 1. The maximum absolute atomic E-state index is 13.0. The van der Waals surface area contributed by atoms with Crippen LogP contribution in [0.15, 0.2) is 6.07 Å². The lowest BCUT2D eigenvalue weighted by molar-refractivity contribution is 0.414. The summed E-state index contributed by atoms with van der Waals surface area (Å²) < 4.78 is 63.5. The second-order valence-electron chi connectivity index (χ2n) is 2.69. The van der Waals surface area contributed by atoms with E-state index in [1.165, 1.54) is 0 Å². The Morgan fingerprint density at radius 2 is 1.80 bits per heavy atom. The number of nitrogens with two attached hydrogens (primary N) is 1. The molecule has 0 saturated heterocycles. The minimum atomic E-state index is -4.06. The molecular formula is C7H6F3NO3S. The molecule has 2 N–H and O–H groups in total. The fourth-order valence-corrected chi connectivity index (χ4v) is 1.30. The third-order valence-electron chi connectivity index (χ3n) is 1.38. The first-order valence-corrected chi connectivity index (χ1v) is 5.36. The highest BCUT2D eigenvalue weighted by molar-refractivity contribution is 7.86. The first-order chi connectivity index (χ1) is 6.72. The van der Waals surface area contributed by atoms with Gasteiger partial charge in [-0.1, -0.05) is 0 Å². The fraction of sp³-hybridized carbons (Fsp3) is 0.143. The van der Waals surface area contributed by atoms with Crippen LogP contribution >= 0.6 is 0 Å². The van der Waals surface area contributed by atoms with E-state index in [1.807, 2.05) is 0 Å². The van der Waals surface area contributed by atoms with Crippen molar-refractivity contribution in [1.29, 1.82) is 0 Å². The second kappa shape index (κ2) is 3.61. The molecule has 0 atom stereocenters. The molecule has 15 heavy (non-hydrogen) atoms. The van der Waals surface area contributed by atoms with Gasteiger partial charge < -0.3 is 9.92 Å². The van der Waals surface area contributed by atoms with Gasteiger partial charge in [-0.2, -0.15) is 12.8 Å². The van der Waals surface area contributed by atoms with E-state index < -0.39 is 39.0 Å². The summed E-state index contributed by atoms with van der Waals surface area (Å²) in [6.45, 7) is 0. The molecule has 0 aliphatic heterocycles. The third kappa shape index (κ3) is 2.52. The minimum absolute atomic E-state index is 0.429. The van der Waals surface area contributed by atoms with Crippen LogP contribution in [0, 0.1) is 17.5 Å². The van der Waals surface area contributed by atoms with Crippen molar-refractivity contribution < 1.29 is 25.8 Å². The fourth-order valence-electron chi connectivity index (χ4n) is 0.833. The van der Waals surface area contributed by atoms with E-state index in [0.29, 0.717) is 12.3 Å². The van der Waals surface area contributed by atoms with Crippen LogP contribution in [-0.4, -0.2) is 14.7 Å². The molecule has 0 fully saturated rings. The van der Waals surface area contributed by atoms with Gasteiger partial charge in [0.25, 0.3) is 0 Å². The Kier molecular flexibility index (Phi) is 2.80. The molecule has 84 valence electrons. The molecule has 0 aliphatic carbocycles. The van der Waals surface area contributed by atoms with Crippen LogP contribution in [0.3, 0.4) is 0 Å². The predicted molar refractivity (Wildman–Crippen MR) is 46.2 cm³/mol. The lowest BCUT2D eigenvalue weighted by atomic mass is 10.2. The molecule has 0 bridgehead atoms. The van der Waals surface area contributed by atoms with Crippen LogP contribution in [0.4, 0.5) is 18.9 Å². The van der Waals surface area contributed by atoms with Crippen LogP contribution in [-0.2, 0) is 10.1 Å². The summed E-state index contributed by atoms with van der Waals surface area (Å²) in [4.78, 5) is 0. The second-order valence-corrected chi connectivity index (χ2v) is 4.27. The topological polar surface area (TPSA) is 69.4 Å². The zero-order valence-corrected chi connectivity index (χ0v) is 8.24. The van der Waals surface area contributed by atoms with E-state index in [-0.39, 0.29) is 0 Å². The summed E-state index contributed by atoms with van der Waals surface area (Å²) in [7, 11) is -4.06. The van der Waals surface area contributed by atoms with E-state index in [9.17, 15) is 21.6 Å². The molecule has 0 aliphatic rings. The number of halogens is 3. The van der Waals surface area contributed by atoms with Gasteiger partial charge in [0.15, 0.2) is 11.6 Å². The third-order valence-corrected chi connectivity index (χ3v) is 1.85. The largest absolute Gasteiger partial charge is 0.396 e. The van der Waals surface area contributed by atoms with Gasteiger partial charge in [0.05, 0.1) is 11.9 Å². The molecule has 1 rings (SSSR count). The van der Waals surface area contributed by atoms with Crippen molar-refractivity contribution in [3.8, 4) is 5.75 Å². The van der Waals surface area contributed by atoms with Gasteiger partial charge in [-0.25, -0.2) is 8.78 Å². The van der Waals surface area contributed by atoms with Gasteiger partial charge in [0, 0.05) is 6.07 Å². The van der Waals surface area contributed by atoms with E-state index in [1.54, 1.807) is 0 Å². The summed E-state index contributed by atoms with van der Waals surface area (Å²) >= 11 is 0. The van der Waals surface area contributed by atoms with Gasteiger partial charge in [-0.05, 0) is 0 Å². The molecule has 0 aromatic heterocycles. The molecule has 4 nitrogen and oxygen atoms in total. The normalized spacial score (nSPS) is 11.5. The first kappa shape index (κ1) is 11.6. The van der Waals surface area contributed by atoms with Crippen molar-refractivity contribution in [2.24, 2.45) is 0 Å². The van der Waals surface area contributed by atoms with E-state index in [4.69, 9.17) is 5.73 Å². The van der Waals surface area contributed by atoms with Crippen molar-refractivity contribution in [3.05, 3.63) is 23.5 Å². The number of hydrogen-bond donors (Lipinski definition) is 1. The molecule has 1 aromatic carbocycles. The van der Waals surface area contributed by atoms with Gasteiger partial charge in [0.1, 0.15) is 0 Å². The summed E-state index contributed by atoms with van der Waals surface area (Å²) in [5, 5.41) is 0. The highest BCUT2D eigenvalue weighted by atomic mass is 32.2. The molecule has 0 amide bonds. The number of rotatable bonds is 2. The van der Waals surface area contributed by atoms with Gasteiger partial charge in [-0.3, -0.25) is 0 Å². The number of hydrogen-bond acceptors (Lipinski definition) is 4. The molecule has 0 heterocycles. The van der Waals surface area contributed by atoms with Crippen molar-refractivity contribution in [1.82, 2.24) is 0 Å². The van der Waals surface area contributed by atoms with Crippen LogP contribution in [0.5, 0.6) is 5.75 Å². The quantitative estimate of drug-likeness (QED) is 0.477. The molecule has 8 heteroatoms. The zero-order chi connectivity index (χ0) is 11.8. The minimum Gasteiger partial charge on any atom is -0.396 e. The molecule has 1 aromatic rings. The Morgan fingerprint density at radius 1 is 1.27 bits per heavy atom. The SMILES string of the molecule is CS(=O)(=O)Oc1c(N)cc(F)c(F)c1F. The summed E-state index contributed by atoms with van der Waals surface area (Å²) in [6.07, 6.45) is 0.618. The van der Waals surface area contributed by atoms with Gasteiger partial charge >= 0.3 is 10.1 Å². The van der Waals surface area contributed by atoms with E-state index in [0.717, 1.165) is 0 Å². The average Bonchev–Trinajstić information content (AvgIpc) is 2.07. The summed E-state index contributed by atoms with van der Waals surface area (Å²) in [5.74, 6) is -6.19. The van der Waals surface area contributed by atoms with E-state index in [2.05, 4.69) is 4.18 Å². The van der Waals surface area contributed by atoms with Crippen LogP contribution < -0.4 is 9.92 Å². The zero-order valence-electron chi connectivity index (χ0n) is 7.42. The van der Waals surface area contributed by atoms with Crippen molar-refractivity contribution in [2.75, 3.05) is 12.0 Å². The molecule has 0 saturated carbocycles. The van der Waals surface area contributed by atoms with E-state index >= 15 is 0 Å².